The minimum Gasteiger partial charge on any atom is -0.497 e. The van der Waals surface area contributed by atoms with E-state index in [0.717, 1.165) is 10.3 Å². The van der Waals surface area contributed by atoms with Gasteiger partial charge in [-0.3, -0.25) is 14.3 Å². The average Bonchev–Trinajstić information content (AvgIpc) is 2.40. The van der Waals surface area contributed by atoms with Crippen LogP contribution in [0.2, 0.25) is 0 Å². The van der Waals surface area contributed by atoms with Crippen molar-refractivity contribution in [2.75, 3.05) is 12.8 Å². The second-order valence-electron chi connectivity index (χ2n) is 4.51. The molecule has 2 rings (SSSR count). The highest BCUT2D eigenvalue weighted by atomic mass is 16.5. The maximum absolute atomic E-state index is 12.0. The average molecular weight is 276 g/mol. The van der Waals surface area contributed by atoms with Crippen LogP contribution >= 0.6 is 0 Å². The smallest absolute Gasteiger partial charge is 0.331 e. The predicted octanol–water partition coefficient (Wildman–Crippen LogP) is -0.110. The van der Waals surface area contributed by atoms with Gasteiger partial charge in [0, 0.05) is 31.1 Å². The molecule has 0 aromatic carbocycles. The Morgan fingerprint density at radius 2 is 2.05 bits per heavy atom. The molecule has 20 heavy (non-hydrogen) atoms. The molecule has 7 nitrogen and oxygen atoms in total. The van der Waals surface area contributed by atoms with Crippen LogP contribution in [0.1, 0.15) is 11.4 Å². The summed E-state index contributed by atoms with van der Waals surface area (Å²) in [5.74, 6) is 0.626. The summed E-state index contributed by atoms with van der Waals surface area (Å²) in [6, 6.07) is 3.45. The summed E-state index contributed by atoms with van der Waals surface area (Å²) in [6.07, 6.45) is 1.31. The molecule has 2 aromatic rings. The first-order valence-electron chi connectivity index (χ1n) is 6.00. The van der Waals surface area contributed by atoms with Crippen LogP contribution in [0.25, 0.3) is 0 Å². The predicted molar refractivity (Wildman–Crippen MR) is 75.0 cm³/mol. The number of hydrogen-bond acceptors (Lipinski definition) is 5. The number of nitrogens with zero attached hydrogens (tertiary/aromatic N) is 3. The second-order valence-corrected chi connectivity index (χ2v) is 4.51. The maximum Gasteiger partial charge on any atom is 0.331 e. The lowest BCUT2D eigenvalue weighted by molar-refractivity contribution is 0.412. The Morgan fingerprint density at radius 1 is 1.35 bits per heavy atom. The molecule has 106 valence electrons. The largest absolute Gasteiger partial charge is 0.497 e. The summed E-state index contributed by atoms with van der Waals surface area (Å²) in [7, 11) is 3.09. The zero-order chi connectivity index (χ0) is 14.9. The summed E-state index contributed by atoms with van der Waals surface area (Å²) < 4.78 is 7.47. The number of hydrogen-bond donors (Lipinski definition) is 1. The molecular weight excluding hydrogens is 260 g/mol. The van der Waals surface area contributed by atoms with Gasteiger partial charge in [0.05, 0.1) is 19.3 Å². The van der Waals surface area contributed by atoms with Gasteiger partial charge in [0.1, 0.15) is 11.4 Å². The summed E-state index contributed by atoms with van der Waals surface area (Å²) in [5, 5.41) is 0. The number of ether oxygens (including phenoxy) is 1. The van der Waals surface area contributed by atoms with Gasteiger partial charge in [-0.15, -0.1) is 0 Å². The van der Waals surface area contributed by atoms with Gasteiger partial charge in [0.2, 0.25) is 0 Å². The molecule has 2 heterocycles. The van der Waals surface area contributed by atoms with Gasteiger partial charge in [-0.1, -0.05) is 0 Å². The van der Waals surface area contributed by atoms with Crippen LogP contribution in [0, 0.1) is 6.92 Å². The molecule has 0 atom stereocenters. The summed E-state index contributed by atoms with van der Waals surface area (Å²) in [6.45, 7) is 1.86. The van der Waals surface area contributed by atoms with Gasteiger partial charge < -0.3 is 15.0 Å². The number of nitrogens with two attached hydrogens (primary N) is 1. The van der Waals surface area contributed by atoms with Crippen molar-refractivity contribution in [1.29, 1.82) is 0 Å². The molecule has 0 saturated carbocycles. The molecule has 0 aliphatic heterocycles. The molecule has 0 saturated heterocycles. The highest BCUT2D eigenvalue weighted by Gasteiger charge is 2.10. The van der Waals surface area contributed by atoms with E-state index in [2.05, 4.69) is 4.98 Å². The first-order valence-corrected chi connectivity index (χ1v) is 6.00. The van der Waals surface area contributed by atoms with Crippen molar-refractivity contribution in [3.8, 4) is 5.75 Å². The van der Waals surface area contributed by atoms with Crippen LogP contribution in [0.15, 0.2) is 27.9 Å². The van der Waals surface area contributed by atoms with E-state index >= 15 is 0 Å². The molecule has 2 N–H and O–H groups in total. The summed E-state index contributed by atoms with van der Waals surface area (Å²) in [4.78, 5) is 28.2. The minimum atomic E-state index is -0.518. The SMILES string of the molecule is COc1cc(C)nc(Cn2c(=O)c(N)cn(C)c2=O)c1. The Morgan fingerprint density at radius 3 is 2.70 bits per heavy atom. The van der Waals surface area contributed by atoms with Crippen molar-refractivity contribution < 1.29 is 4.74 Å². The normalized spacial score (nSPS) is 10.6. The first-order chi connectivity index (χ1) is 9.42. The molecule has 2 aromatic heterocycles. The third-order valence-corrected chi connectivity index (χ3v) is 2.89. The minimum absolute atomic E-state index is 0.0201. The zero-order valence-electron chi connectivity index (χ0n) is 11.6. The quantitative estimate of drug-likeness (QED) is 0.844. The second kappa shape index (κ2) is 5.20. The van der Waals surface area contributed by atoms with E-state index in [-0.39, 0.29) is 12.2 Å². The third kappa shape index (κ3) is 2.56. The Bertz CT molecular complexity index is 727. The van der Waals surface area contributed by atoms with E-state index in [1.165, 1.54) is 10.8 Å². The number of rotatable bonds is 3. The van der Waals surface area contributed by atoms with Gasteiger partial charge >= 0.3 is 5.69 Å². The number of anilines is 1. The highest BCUT2D eigenvalue weighted by Crippen LogP contribution is 2.13. The van der Waals surface area contributed by atoms with Crippen LogP contribution in [0.4, 0.5) is 5.69 Å². The molecule has 7 heteroatoms. The number of methoxy groups -OCH3 is 1. The molecular formula is C13H16N4O3. The van der Waals surface area contributed by atoms with Gasteiger partial charge in [-0.05, 0) is 6.92 Å². The van der Waals surface area contributed by atoms with Crippen LogP contribution < -0.4 is 21.7 Å². The lowest BCUT2D eigenvalue weighted by Crippen LogP contribution is -2.40. The molecule has 0 amide bonds. The first kappa shape index (κ1) is 13.9. The van der Waals surface area contributed by atoms with E-state index in [9.17, 15) is 9.59 Å². The van der Waals surface area contributed by atoms with Crippen molar-refractivity contribution >= 4 is 5.69 Å². The molecule has 0 radical (unpaired) electrons. The van der Waals surface area contributed by atoms with Crippen molar-refractivity contribution in [3.05, 3.63) is 50.6 Å². The lowest BCUT2D eigenvalue weighted by atomic mass is 10.3. The van der Waals surface area contributed by atoms with Crippen molar-refractivity contribution in [2.24, 2.45) is 7.05 Å². The molecule has 0 aliphatic rings. The monoisotopic (exact) mass is 276 g/mol. The fourth-order valence-electron chi connectivity index (χ4n) is 1.96. The van der Waals surface area contributed by atoms with E-state index in [4.69, 9.17) is 10.5 Å². The van der Waals surface area contributed by atoms with E-state index < -0.39 is 11.2 Å². The molecule has 0 spiro atoms. The van der Waals surface area contributed by atoms with Crippen molar-refractivity contribution in [3.63, 3.8) is 0 Å². The lowest BCUT2D eigenvalue weighted by Gasteiger charge is -2.09. The Hall–Kier alpha value is -2.57. The van der Waals surface area contributed by atoms with Crippen molar-refractivity contribution in [1.82, 2.24) is 14.1 Å². The third-order valence-electron chi connectivity index (χ3n) is 2.89. The number of pyridine rings is 1. The highest BCUT2D eigenvalue weighted by molar-refractivity contribution is 5.32. The van der Waals surface area contributed by atoms with Gasteiger partial charge in [0.25, 0.3) is 5.56 Å². The van der Waals surface area contributed by atoms with Gasteiger partial charge in [-0.2, -0.15) is 0 Å². The van der Waals surface area contributed by atoms with Crippen LogP contribution in [0.3, 0.4) is 0 Å². The molecule has 0 aliphatic carbocycles. The van der Waals surface area contributed by atoms with Gasteiger partial charge in [0.15, 0.2) is 0 Å². The Kier molecular flexibility index (Phi) is 3.60. The number of aryl methyl sites for hydroxylation is 2. The molecule has 0 unspecified atom stereocenters. The summed E-state index contributed by atoms with van der Waals surface area (Å²) in [5.41, 5.74) is 5.96. The Balaban J connectivity index is 2.53. The van der Waals surface area contributed by atoms with E-state index in [0.29, 0.717) is 11.4 Å². The fourth-order valence-corrected chi connectivity index (χ4v) is 1.96. The standard InChI is InChI=1S/C13H16N4O3/c1-8-4-10(20-3)5-9(15-8)6-17-12(18)11(14)7-16(2)13(17)19/h4-5,7H,6,14H2,1-3H3. The van der Waals surface area contributed by atoms with E-state index in [1.807, 2.05) is 6.92 Å². The number of nitrogen functional groups attached to an aromatic ring is 1. The van der Waals surface area contributed by atoms with Crippen molar-refractivity contribution in [2.45, 2.75) is 13.5 Å². The van der Waals surface area contributed by atoms with Gasteiger partial charge in [-0.25, -0.2) is 4.79 Å². The Labute approximate surface area is 115 Å². The molecule has 0 bridgehead atoms. The topological polar surface area (TPSA) is 92.1 Å². The van der Waals surface area contributed by atoms with Crippen LogP contribution in [-0.2, 0) is 13.6 Å². The number of aromatic nitrogens is 3. The summed E-state index contributed by atoms with van der Waals surface area (Å²) >= 11 is 0. The fraction of sp³-hybridized carbons (Fsp3) is 0.308. The zero-order valence-corrected chi connectivity index (χ0v) is 11.6. The van der Waals surface area contributed by atoms with Crippen LogP contribution in [0.5, 0.6) is 5.75 Å². The van der Waals surface area contributed by atoms with Crippen LogP contribution in [-0.4, -0.2) is 21.2 Å². The maximum atomic E-state index is 12.0. The van der Waals surface area contributed by atoms with E-state index in [1.54, 1.807) is 26.3 Å². The molecule has 0 fully saturated rings.